The Morgan fingerprint density at radius 1 is 1.09 bits per heavy atom. The van der Waals surface area contributed by atoms with Gasteiger partial charge in [-0.05, 0) is 30.2 Å². The van der Waals surface area contributed by atoms with E-state index in [0.717, 1.165) is 5.56 Å². The normalized spacial score (nSPS) is 15.0. The minimum Gasteiger partial charge on any atom is -0.493 e. The maximum absolute atomic E-state index is 13.3. The number of carbonyl (C=O) groups excluding carboxylic acids is 2. The highest BCUT2D eigenvalue weighted by Gasteiger charge is 2.34. The Morgan fingerprint density at radius 3 is 2.36 bits per heavy atom. The summed E-state index contributed by atoms with van der Waals surface area (Å²) >= 11 is 6.36. The molecule has 176 valence electrons. The molecule has 1 atom stereocenters. The molecule has 0 radical (unpaired) electrons. The molecular formula is C25H29ClN2O5. The van der Waals surface area contributed by atoms with Crippen molar-refractivity contribution in [1.29, 1.82) is 0 Å². The second kappa shape index (κ2) is 11.2. The maximum Gasteiger partial charge on any atom is 0.327 e. The summed E-state index contributed by atoms with van der Waals surface area (Å²) < 4.78 is 16.0. The Hall–Kier alpha value is -3.03. The average molecular weight is 473 g/mol. The standard InChI is InChI=1S/C25H29ClN2O5/c1-5-8-17-15-18(16-21(31-2)23(17)32-3)24(29)28-13-11-27(12-14-28)22(25(30)33-4)19-9-6-7-10-20(19)26/h5-7,9-10,15-16,22H,1,8,11-14H2,2-4H3. The number of benzene rings is 2. The van der Waals surface area contributed by atoms with E-state index in [9.17, 15) is 9.59 Å². The van der Waals surface area contributed by atoms with E-state index >= 15 is 0 Å². The quantitative estimate of drug-likeness (QED) is 0.430. The number of methoxy groups -OCH3 is 3. The Kier molecular flexibility index (Phi) is 8.36. The molecule has 3 rings (SSSR count). The molecule has 2 aromatic carbocycles. The van der Waals surface area contributed by atoms with Crippen LogP contribution in [0.15, 0.2) is 49.1 Å². The molecule has 7 nitrogen and oxygen atoms in total. The Balaban J connectivity index is 1.79. The summed E-state index contributed by atoms with van der Waals surface area (Å²) in [5.74, 6) is 0.618. The van der Waals surface area contributed by atoms with E-state index in [4.69, 9.17) is 25.8 Å². The summed E-state index contributed by atoms with van der Waals surface area (Å²) in [6.07, 6.45) is 2.30. The number of amides is 1. The van der Waals surface area contributed by atoms with Crippen LogP contribution in [0.2, 0.25) is 5.02 Å². The van der Waals surface area contributed by atoms with Crippen molar-refractivity contribution in [1.82, 2.24) is 9.80 Å². The van der Waals surface area contributed by atoms with Crippen molar-refractivity contribution >= 4 is 23.5 Å². The van der Waals surface area contributed by atoms with Crippen LogP contribution in [-0.4, -0.2) is 69.2 Å². The maximum atomic E-state index is 13.3. The fourth-order valence-electron chi connectivity index (χ4n) is 4.12. The first-order valence-electron chi connectivity index (χ1n) is 10.7. The summed E-state index contributed by atoms with van der Waals surface area (Å²) in [4.78, 5) is 29.6. The zero-order chi connectivity index (χ0) is 24.0. The molecule has 0 saturated carbocycles. The summed E-state index contributed by atoms with van der Waals surface area (Å²) in [6.45, 7) is 5.71. The molecule has 1 saturated heterocycles. The average Bonchev–Trinajstić information content (AvgIpc) is 2.84. The van der Waals surface area contributed by atoms with Gasteiger partial charge in [-0.25, -0.2) is 4.79 Å². The number of hydrogen-bond acceptors (Lipinski definition) is 6. The van der Waals surface area contributed by atoms with Crippen LogP contribution in [0.5, 0.6) is 11.5 Å². The van der Waals surface area contributed by atoms with Crippen LogP contribution in [-0.2, 0) is 16.0 Å². The lowest BCUT2D eigenvalue weighted by Crippen LogP contribution is -2.51. The van der Waals surface area contributed by atoms with Crippen LogP contribution in [0.4, 0.5) is 0 Å². The van der Waals surface area contributed by atoms with Crippen LogP contribution < -0.4 is 9.47 Å². The number of carbonyl (C=O) groups is 2. The van der Waals surface area contributed by atoms with Gasteiger partial charge in [-0.2, -0.15) is 0 Å². The van der Waals surface area contributed by atoms with Gasteiger partial charge in [0.25, 0.3) is 5.91 Å². The van der Waals surface area contributed by atoms with E-state index < -0.39 is 6.04 Å². The lowest BCUT2D eigenvalue weighted by Gasteiger charge is -2.38. The summed E-state index contributed by atoms with van der Waals surface area (Å²) in [6, 6.07) is 10.1. The van der Waals surface area contributed by atoms with Crippen LogP contribution in [0, 0.1) is 0 Å². The van der Waals surface area contributed by atoms with E-state index in [2.05, 4.69) is 6.58 Å². The van der Waals surface area contributed by atoms with Crippen molar-refractivity contribution in [2.45, 2.75) is 12.5 Å². The molecule has 1 aliphatic rings. The third-order valence-corrected chi connectivity index (χ3v) is 6.10. The smallest absolute Gasteiger partial charge is 0.327 e. The van der Waals surface area contributed by atoms with E-state index in [1.807, 2.05) is 29.2 Å². The van der Waals surface area contributed by atoms with Gasteiger partial charge in [0.05, 0.1) is 21.3 Å². The second-order valence-corrected chi connectivity index (χ2v) is 8.05. The molecule has 1 aliphatic heterocycles. The Bertz CT molecular complexity index is 1020. The molecule has 1 amide bonds. The number of esters is 1. The number of rotatable bonds is 8. The molecule has 1 heterocycles. The van der Waals surface area contributed by atoms with Crippen molar-refractivity contribution in [2.24, 2.45) is 0 Å². The predicted octanol–water partition coefficient (Wildman–Crippen LogP) is 3.76. The van der Waals surface area contributed by atoms with Gasteiger partial charge in [0.2, 0.25) is 0 Å². The van der Waals surface area contributed by atoms with Crippen LogP contribution in [0.25, 0.3) is 0 Å². The Morgan fingerprint density at radius 2 is 1.79 bits per heavy atom. The molecule has 0 N–H and O–H groups in total. The third-order valence-electron chi connectivity index (χ3n) is 5.76. The largest absolute Gasteiger partial charge is 0.493 e. The van der Waals surface area contributed by atoms with Gasteiger partial charge in [0, 0.05) is 42.3 Å². The number of nitrogens with zero attached hydrogens (tertiary/aromatic N) is 2. The van der Waals surface area contributed by atoms with Crippen molar-refractivity contribution in [3.8, 4) is 11.5 Å². The number of halogens is 1. The first-order valence-corrected chi connectivity index (χ1v) is 11.0. The minimum absolute atomic E-state index is 0.103. The highest BCUT2D eigenvalue weighted by Crippen LogP contribution is 2.34. The summed E-state index contributed by atoms with van der Waals surface area (Å²) in [7, 11) is 4.48. The molecule has 0 spiro atoms. The molecule has 33 heavy (non-hydrogen) atoms. The molecular weight excluding hydrogens is 444 g/mol. The predicted molar refractivity (Wildman–Crippen MR) is 127 cm³/mol. The fraction of sp³-hybridized carbons (Fsp3) is 0.360. The first kappa shape index (κ1) is 24.6. The number of hydrogen-bond donors (Lipinski definition) is 0. The van der Waals surface area contributed by atoms with Crippen molar-refractivity contribution in [2.75, 3.05) is 47.5 Å². The van der Waals surface area contributed by atoms with Crippen molar-refractivity contribution in [3.05, 3.63) is 70.8 Å². The number of allylic oxidation sites excluding steroid dienone is 1. The van der Waals surface area contributed by atoms with Crippen molar-refractivity contribution < 1.29 is 23.8 Å². The highest BCUT2D eigenvalue weighted by molar-refractivity contribution is 6.31. The summed E-state index contributed by atoms with van der Waals surface area (Å²) in [5.41, 5.74) is 2.05. The van der Waals surface area contributed by atoms with Crippen LogP contribution in [0.1, 0.15) is 27.5 Å². The van der Waals surface area contributed by atoms with E-state index in [0.29, 0.717) is 60.2 Å². The van der Waals surface area contributed by atoms with E-state index in [1.165, 1.54) is 7.11 Å². The van der Waals surface area contributed by atoms with Crippen LogP contribution in [0.3, 0.4) is 0 Å². The molecule has 0 aliphatic carbocycles. The minimum atomic E-state index is -0.624. The van der Waals surface area contributed by atoms with Gasteiger partial charge in [-0.3, -0.25) is 9.69 Å². The SMILES string of the molecule is C=CCc1cc(C(=O)N2CCN(C(C(=O)OC)c3ccccc3Cl)CC2)cc(OC)c1OC. The van der Waals surface area contributed by atoms with Gasteiger partial charge in [0.1, 0.15) is 6.04 Å². The first-order chi connectivity index (χ1) is 15.9. The van der Waals surface area contributed by atoms with Gasteiger partial charge in [-0.1, -0.05) is 35.9 Å². The zero-order valence-corrected chi connectivity index (χ0v) is 19.9. The summed E-state index contributed by atoms with van der Waals surface area (Å²) in [5, 5.41) is 0.506. The second-order valence-electron chi connectivity index (χ2n) is 7.64. The third kappa shape index (κ3) is 5.31. The number of piperazine rings is 1. The van der Waals surface area contributed by atoms with Gasteiger partial charge in [-0.15, -0.1) is 6.58 Å². The fourth-order valence-corrected chi connectivity index (χ4v) is 4.36. The topological polar surface area (TPSA) is 68.3 Å². The van der Waals surface area contributed by atoms with Crippen molar-refractivity contribution in [3.63, 3.8) is 0 Å². The van der Waals surface area contributed by atoms with Crippen LogP contribution >= 0.6 is 11.6 Å². The lowest BCUT2D eigenvalue weighted by atomic mass is 10.0. The monoisotopic (exact) mass is 472 g/mol. The van der Waals surface area contributed by atoms with E-state index in [1.54, 1.807) is 37.3 Å². The highest BCUT2D eigenvalue weighted by atomic mass is 35.5. The molecule has 2 aromatic rings. The molecule has 0 bridgehead atoms. The Labute approximate surface area is 199 Å². The van der Waals surface area contributed by atoms with Gasteiger partial charge in [0.15, 0.2) is 11.5 Å². The van der Waals surface area contributed by atoms with Gasteiger partial charge < -0.3 is 19.1 Å². The molecule has 0 aromatic heterocycles. The molecule has 8 heteroatoms. The lowest BCUT2D eigenvalue weighted by molar-refractivity contribution is -0.148. The van der Waals surface area contributed by atoms with Gasteiger partial charge >= 0.3 is 5.97 Å². The number of ether oxygens (including phenoxy) is 3. The zero-order valence-electron chi connectivity index (χ0n) is 19.2. The molecule has 1 fully saturated rings. The van der Waals surface area contributed by atoms with E-state index in [-0.39, 0.29) is 11.9 Å². The molecule has 1 unspecified atom stereocenters.